The Morgan fingerprint density at radius 3 is 2.55 bits per heavy atom. The van der Waals surface area contributed by atoms with Crippen LogP contribution in [0.4, 0.5) is 17.1 Å². The third-order valence-electron chi connectivity index (χ3n) is 12.1. The Morgan fingerprint density at radius 2 is 1.82 bits per heavy atom. The van der Waals surface area contributed by atoms with E-state index in [1.807, 2.05) is 18.2 Å². The van der Waals surface area contributed by atoms with Crippen molar-refractivity contribution in [2.75, 3.05) is 75.9 Å². The number of nitrogens with zero attached hydrogens (tertiary/aromatic N) is 6. The summed E-state index contributed by atoms with van der Waals surface area (Å²) in [7, 11) is -3.12. The molecule has 3 aliphatic heterocycles. The maximum absolute atomic E-state index is 14.3. The van der Waals surface area contributed by atoms with Gasteiger partial charge in [-0.3, -0.25) is 24.6 Å². The van der Waals surface area contributed by atoms with Crippen LogP contribution in [0.2, 0.25) is 5.02 Å². The molecule has 0 bridgehead atoms. The van der Waals surface area contributed by atoms with Gasteiger partial charge in [0.1, 0.15) is 11.3 Å². The van der Waals surface area contributed by atoms with Crippen LogP contribution >= 0.6 is 11.6 Å². The molecule has 3 N–H and O–H groups in total. The van der Waals surface area contributed by atoms with E-state index in [1.165, 1.54) is 34.0 Å². The number of anilines is 2. The van der Waals surface area contributed by atoms with Crippen molar-refractivity contribution in [3.63, 3.8) is 0 Å². The van der Waals surface area contributed by atoms with Gasteiger partial charge in [-0.05, 0) is 85.2 Å². The first-order valence-electron chi connectivity index (χ1n) is 21.2. The summed E-state index contributed by atoms with van der Waals surface area (Å²) in [5, 5.41) is 16.5. The Morgan fingerprint density at radius 1 is 1.03 bits per heavy atom. The fourth-order valence-corrected chi connectivity index (χ4v) is 9.78. The first kappa shape index (κ1) is 44.1. The number of pyridine rings is 1. The van der Waals surface area contributed by atoms with Crippen molar-refractivity contribution in [3.05, 3.63) is 121 Å². The smallest absolute Gasteiger partial charge is 0.293 e. The molecule has 3 aliphatic rings. The minimum absolute atomic E-state index is 0.0676. The van der Waals surface area contributed by atoms with E-state index in [0.717, 1.165) is 48.8 Å². The first-order valence-corrected chi connectivity index (χ1v) is 23.1. The number of nitro benzene ring substituents is 1. The van der Waals surface area contributed by atoms with Gasteiger partial charge in [0.05, 0.1) is 64.7 Å². The average molecular weight is 926 g/mol. The highest BCUT2D eigenvalue weighted by Gasteiger charge is 2.32. The number of piperazine rings is 1. The van der Waals surface area contributed by atoms with E-state index >= 15 is 0 Å². The molecule has 0 unspecified atom stereocenters. The number of aromatic amines is 1. The molecule has 18 nitrogen and oxygen atoms in total. The molecule has 1 amide bonds. The Hall–Kier alpha value is -6.09. The molecule has 0 spiro atoms. The number of amides is 1. The molecule has 2 saturated heterocycles. The van der Waals surface area contributed by atoms with Crippen LogP contribution in [0.5, 0.6) is 0 Å². The molecule has 20 heteroatoms. The summed E-state index contributed by atoms with van der Waals surface area (Å²) < 4.78 is 50.0. The second-order valence-electron chi connectivity index (χ2n) is 17.0. The monoisotopic (exact) mass is 925 g/mol. The number of benzene rings is 3. The number of hydrogen-bond acceptors (Lipinski definition) is 13. The summed E-state index contributed by atoms with van der Waals surface area (Å²) >= 11 is 6.23. The van der Waals surface area contributed by atoms with Crippen molar-refractivity contribution in [1.29, 1.82) is 0 Å². The molecule has 3 aromatic carbocycles. The number of hydrogen-bond donors (Lipinski definition) is 3. The highest BCUT2D eigenvalue weighted by atomic mass is 35.5. The number of sulfonamides is 1. The van der Waals surface area contributed by atoms with Crippen LogP contribution in [0.15, 0.2) is 94.3 Å². The van der Waals surface area contributed by atoms with Crippen LogP contribution in [-0.4, -0.2) is 121 Å². The average Bonchev–Trinajstić information content (AvgIpc) is 3.85. The highest BCUT2D eigenvalue weighted by Crippen LogP contribution is 2.37. The van der Waals surface area contributed by atoms with Crippen molar-refractivity contribution >= 4 is 72.2 Å². The van der Waals surface area contributed by atoms with Gasteiger partial charge >= 0.3 is 0 Å². The number of carbonyl (C=O) groups excluding carboxylic acids is 1. The maximum Gasteiger partial charge on any atom is 0.293 e. The van der Waals surface area contributed by atoms with Crippen molar-refractivity contribution in [1.82, 2.24) is 29.0 Å². The number of nitrogens with one attached hydrogen (secondary N) is 3. The molecule has 0 radical (unpaired) electrons. The number of H-pyrrole nitrogens is 1. The van der Waals surface area contributed by atoms with Gasteiger partial charge in [0.15, 0.2) is 5.52 Å². The van der Waals surface area contributed by atoms with Gasteiger partial charge in [-0.2, -0.15) is 0 Å². The second-order valence-corrected chi connectivity index (χ2v) is 19.1. The van der Waals surface area contributed by atoms with Gasteiger partial charge in [0, 0.05) is 81.1 Å². The SMILES string of the molecule is Cn1c(=O)c2nc3[nH]ccc3cc2n1-c1cc(N2CCN(CC3=C(c4ccc(Cl)cc4)CC(C)(C)OC3)CC2)ccc1C(=O)NS(=O)(=O)c1ccc(NC[C@H]2COCCO2)c([N+](=O)[O-])c1. The summed E-state index contributed by atoms with van der Waals surface area (Å²) in [6.45, 7) is 9.51. The molecule has 0 saturated carbocycles. The van der Waals surface area contributed by atoms with Crippen LogP contribution in [-0.2, 0) is 31.3 Å². The third kappa shape index (κ3) is 9.12. The number of rotatable bonds is 12. The first-order chi connectivity index (χ1) is 31.1. The molecular weight excluding hydrogens is 878 g/mol. The van der Waals surface area contributed by atoms with Crippen molar-refractivity contribution < 1.29 is 32.3 Å². The van der Waals surface area contributed by atoms with E-state index in [-0.39, 0.29) is 40.7 Å². The Kier molecular flexibility index (Phi) is 12.0. The largest absolute Gasteiger partial charge is 0.377 e. The normalized spacial score (nSPS) is 18.3. The molecule has 6 heterocycles. The van der Waals surface area contributed by atoms with Gasteiger partial charge in [-0.25, -0.2) is 27.5 Å². The van der Waals surface area contributed by atoms with Gasteiger partial charge in [-0.1, -0.05) is 23.7 Å². The fourth-order valence-electron chi connectivity index (χ4n) is 8.67. The zero-order chi connectivity index (χ0) is 45.6. The van der Waals surface area contributed by atoms with E-state index in [1.54, 1.807) is 36.1 Å². The number of halogens is 1. The van der Waals surface area contributed by atoms with E-state index in [4.69, 9.17) is 25.8 Å². The van der Waals surface area contributed by atoms with E-state index in [9.17, 15) is 28.1 Å². The zero-order valence-corrected chi connectivity index (χ0v) is 37.6. The molecule has 65 heavy (non-hydrogen) atoms. The molecular formula is C45H48ClN9O9S. The summed E-state index contributed by atoms with van der Waals surface area (Å²) in [5.41, 5.74) is 4.41. The van der Waals surface area contributed by atoms with Crippen molar-refractivity contribution in [2.24, 2.45) is 7.05 Å². The number of fused-ring (bicyclic) bond motifs is 2. The van der Waals surface area contributed by atoms with E-state index in [2.05, 4.69) is 55.8 Å². The van der Waals surface area contributed by atoms with Crippen LogP contribution in [0.3, 0.4) is 0 Å². The van der Waals surface area contributed by atoms with Gasteiger partial charge in [0.25, 0.3) is 27.2 Å². The minimum Gasteiger partial charge on any atom is -0.377 e. The summed E-state index contributed by atoms with van der Waals surface area (Å²) in [4.78, 5) is 51.2. The summed E-state index contributed by atoms with van der Waals surface area (Å²) in [6.07, 6.45) is 2.13. The molecule has 1 atom stereocenters. The van der Waals surface area contributed by atoms with Gasteiger partial charge in [0.2, 0.25) is 0 Å². The van der Waals surface area contributed by atoms with E-state index in [0.29, 0.717) is 55.7 Å². The summed E-state index contributed by atoms with van der Waals surface area (Å²) in [6, 6.07) is 19.9. The van der Waals surface area contributed by atoms with Gasteiger partial charge in [-0.15, -0.1) is 0 Å². The molecule has 2 fully saturated rings. The highest BCUT2D eigenvalue weighted by molar-refractivity contribution is 7.90. The molecule has 340 valence electrons. The van der Waals surface area contributed by atoms with Crippen LogP contribution in [0.25, 0.3) is 33.3 Å². The number of carbonyl (C=O) groups is 1. The second kappa shape index (κ2) is 17.7. The Labute approximate surface area is 378 Å². The number of ether oxygens (including phenoxy) is 3. The molecule has 3 aromatic heterocycles. The predicted molar refractivity (Wildman–Crippen MR) is 247 cm³/mol. The molecule has 9 rings (SSSR count). The maximum atomic E-state index is 14.3. The number of nitro groups is 1. The van der Waals surface area contributed by atoms with Crippen molar-refractivity contribution in [3.8, 4) is 5.69 Å². The van der Waals surface area contributed by atoms with Crippen LogP contribution in [0, 0.1) is 10.1 Å². The fraction of sp³-hybridized carbons (Fsp3) is 0.356. The lowest BCUT2D eigenvalue weighted by atomic mass is 9.87. The van der Waals surface area contributed by atoms with E-state index < -0.39 is 37.0 Å². The number of aromatic nitrogens is 4. The van der Waals surface area contributed by atoms with Crippen LogP contribution < -0.4 is 20.5 Å². The Balaban J connectivity index is 1.01. The standard InChI is InChI=1S/C45H48ClN9O9S/c1-45(2)23-36(28-4-6-31(46)7-5-28)30(26-64-45)25-52-14-16-53(17-15-52)32-8-10-35(38(21-32)54-40-20-29-12-13-47-42(29)49-41(40)44(57)51(54)3)43(56)50-65(60,61)34-9-11-37(39(22-34)55(58)59)48-24-33-27-62-18-19-63-33/h4-13,20-22,33,48H,14-19,23-27H2,1-3H3,(H,47,49)(H,50,56)/t33-/m0/s1. The predicted octanol–water partition coefficient (Wildman–Crippen LogP) is 5.49. The quantitative estimate of drug-likeness (QED) is 0.103. The topological polar surface area (TPSA) is 208 Å². The lowest BCUT2D eigenvalue weighted by Crippen LogP contribution is -2.47. The van der Waals surface area contributed by atoms with Crippen molar-refractivity contribution in [2.45, 2.75) is 36.9 Å². The third-order valence-corrected chi connectivity index (χ3v) is 13.7. The lowest BCUT2D eigenvalue weighted by Gasteiger charge is -2.39. The molecule has 6 aromatic rings. The van der Waals surface area contributed by atoms with Gasteiger partial charge < -0.3 is 29.4 Å². The lowest BCUT2D eigenvalue weighted by molar-refractivity contribution is -0.384. The van der Waals surface area contributed by atoms with Crippen LogP contribution in [0.1, 0.15) is 36.2 Å². The summed E-state index contributed by atoms with van der Waals surface area (Å²) in [5.74, 6) is -1.01. The zero-order valence-electron chi connectivity index (χ0n) is 36.0. The minimum atomic E-state index is -4.67. The Bertz CT molecular complexity index is 3020. The molecule has 0 aliphatic carbocycles.